The summed E-state index contributed by atoms with van der Waals surface area (Å²) in [7, 11) is 1.60. The fourth-order valence-corrected chi connectivity index (χ4v) is 5.46. The molecule has 5 unspecified atom stereocenters. The van der Waals surface area contributed by atoms with Crippen LogP contribution in [0.15, 0.2) is 48.8 Å². The molecule has 0 bridgehead atoms. The highest BCUT2D eigenvalue weighted by atomic mass is 16.5. The van der Waals surface area contributed by atoms with Crippen molar-refractivity contribution in [3.63, 3.8) is 0 Å². The number of H-pyrrole nitrogens is 1. The Bertz CT molecular complexity index is 1320. The number of nitrogens with one attached hydrogen (secondary N) is 3. The van der Waals surface area contributed by atoms with Crippen LogP contribution in [-0.4, -0.2) is 64.1 Å². The number of nitrogens with zero attached hydrogens (tertiary/aromatic N) is 3. The molecule has 2 fully saturated rings. The van der Waals surface area contributed by atoms with Gasteiger partial charge < -0.3 is 25.5 Å². The van der Waals surface area contributed by atoms with Gasteiger partial charge in [-0.25, -0.2) is 0 Å². The molecule has 0 aliphatic carbocycles. The third-order valence-corrected chi connectivity index (χ3v) is 7.41. The van der Waals surface area contributed by atoms with Gasteiger partial charge in [-0.05, 0) is 49.1 Å². The van der Waals surface area contributed by atoms with Crippen molar-refractivity contribution in [1.82, 2.24) is 25.5 Å². The Morgan fingerprint density at radius 3 is 2.95 bits per heavy atom. The van der Waals surface area contributed by atoms with Gasteiger partial charge in [0.25, 0.3) is 0 Å². The van der Waals surface area contributed by atoms with Crippen LogP contribution in [0.1, 0.15) is 42.7 Å². The number of pyridine rings is 1. The number of nitriles is 1. The van der Waals surface area contributed by atoms with E-state index >= 15 is 0 Å². The molecule has 10 heteroatoms. The van der Waals surface area contributed by atoms with E-state index in [4.69, 9.17) is 4.74 Å². The van der Waals surface area contributed by atoms with Crippen LogP contribution < -0.4 is 15.4 Å². The number of benzene rings is 1. The molecule has 0 radical (unpaired) electrons. The quantitative estimate of drug-likeness (QED) is 0.369. The predicted octanol–water partition coefficient (Wildman–Crippen LogP) is 1.96. The number of aliphatic hydroxyl groups excluding tert-OH is 1. The number of aromatic amines is 1. The van der Waals surface area contributed by atoms with Gasteiger partial charge in [-0.1, -0.05) is 12.1 Å². The summed E-state index contributed by atoms with van der Waals surface area (Å²) in [5, 5.41) is 27.6. The molecule has 4 N–H and O–H groups in total. The fraction of sp³-hybridized carbons (Fsp3) is 0.407. The molecule has 0 saturated carbocycles. The van der Waals surface area contributed by atoms with Crippen LogP contribution in [-0.2, 0) is 9.59 Å². The second-order valence-corrected chi connectivity index (χ2v) is 9.65. The summed E-state index contributed by atoms with van der Waals surface area (Å²) in [5.41, 5.74) is 2.34. The smallest absolute Gasteiger partial charge is 0.238 e. The fourth-order valence-electron chi connectivity index (χ4n) is 5.46. The lowest BCUT2D eigenvalue weighted by Crippen LogP contribution is -2.48. The highest BCUT2D eigenvalue weighted by Crippen LogP contribution is 2.38. The van der Waals surface area contributed by atoms with E-state index < -0.39 is 18.3 Å². The lowest BCUT2D eigenvalue weighted by molar-refractivity contribution is -0.130. The highest BCUT2D eigenvalue weighted by Gasteiger charge is 2.42. The highest BCUT2D eigenvalue weighted by molar-refractivity contribution is 5.87. The van der Waals surface area contributed by atoms with E-state index in [0.717, 1.165) is 16.5 Å². The molecule has 2 saturated heterocycles. The van der Waals surface area contributed by atoms with Crippen molar-refractivity contribution in [2.24, 2.45) is 5.92 Å². The molecule has 5 atom stereocenters. The molecule has 10 nitrogen and oxygen atoms in total. The Balaban J connectivity index is 1.39. The summed E-state index contributed by atoms with van der Waals surface area (Å²) in [6, 6.07) is 11.9. The largest absolute Gasteiger partial charge is 0.496 e. The standard InChI is InChI=1S/C27H30N6O4/c1-37-24-6-2-5-21-20(24)12-22(32-21)27(36)33-15-18(17-4-3-8-29-14-17)11-23(33)26(35)31-19(13-28)10-16-7-9-30-25(16)34/h2-6,8,12,14,16,18-19,23,27,32,36H,7,9-11,15H2,1H3,(H,30,34)(H,31,35). The number of likely N-dealkylation sites (tertiary alicyclic amines) is 1. The summed E-state index contributed by atoms with van der Waals surface area (Å²) in [6.07, 6.45) is 3.76. The lowest BCUT2D eigenvalue weighted by atomic mass is 9.96. The number of aromatic nitrogens is 2. The molecule has 2 amide bonds. The number of amides is 2. The minimum absolute atomic E-state index is 0.0286. The van der Waals surface area contributed by atoms with Crippen LogP contribution in [0.5, 0.6) is 5.75 Å². The molecule has 37 heavy (non-hydrogen) atoms. The normalized spacial score (nSPS) is 23.4. The molecule has 4 heterocycles. The van der Waals surface area contributed by atoms with Crippen LogP contribution in [0, 0.1) is 17.2 Å². The van der Waals surface area contributed by atoms with E-state index in [1.165, 1.54) is 0 Å². The van der Waals surface area contributed by atoms with Gasteiger partial charge in [0.1, 0.15) is 18.0 Å². The number of methoxy groups -OCH3 is 1. The minimum atomic E-state index is -1.09. The monoisotopic (exact) mass is 502 g/mol. The van der Waals surface area contributed by atoms with Crippen molar-refractivity contribution >= 4 is 22.7 Å². The SMILES string of the molecule is COc1cccc2[nH]c(C(O)N3CC(c4cccnc4)CC3C(=O)NC(C#N)CC3CCNC3=O)cc12. The average Bonchev–Trinajstić information content (AvgIpc) is 3.66. The molecule has 5 rings (SSSR count). The Kier molecular flexibility index (Phi) is 7.08. The molecule has 1 aromatic carbocycles. The summed E-state index contributed by atoms with van der Waals surface area (Å²) < 4.78 is 5.45. The minimum Gasteiger partial charge on any atom is -0.496 e. The lowest BCUT2D eigenvalue weighted by Gasteiger charge is -2.29. The first-order valence-corrected chi connectivity index (χ1v) is 12.5. The maximum atomic E-state index is 13.5. The van der Waals surface area contributed by atoms with E-state index in [2.05, 4.69) is 26.7 Å². The first kappa shape index (κ1) is 24.7. The van der Waals surface area contributed by atoms with Crippen molar-refractivity contribution in [1.29, 1.82) is 5.26 Å². The van der Waals surface area contributed by atoms with Crippen LogP contribution in [0.4, 0.5) is 0 Å². The number of aliphatic hydroxyl groups is 1. The summed E-state index contributed by atoms with van der Waals surface area (Å²) in [6.45, 7) is 1.01. The second kappa shape index (κ2) is 10.6. The van der Waals surface area contributed by atoms with Gasteiger partial charge in [0.05, 0.1) is 24.9 Å². The molecule has 2 aliphatic rings. The average molecular weight is 503 g/mol. The number of carbonyl (C=O) groups excluding carboxylic acids is 2. The molecule has 0 spiro atoms. The van der Waals surface area contributed by atoms with E-state index in [0.29, 0.717) is 37.4 Å². The van der Waals surface area contributed by atoms with Crippen molar-refractivity contribution in [3.05, 3.63) is 60.0 Å². The van der Waals surface area contributed by atoms with Gasteiger partial charge in [0, 0.05) is 48.2 Å². The summed E-state index contributed by atoms with van der Waals surface area (Å²) >= 11 is 0. The zero-order valence-corrected chi connectivity index (χ0v) is 20.6. The molecular formula is C27H30N6O4. The van der Waals surface area contributed by atoms with Crippen LogP contribution in [0.25, 0.3) is 10.9 Å². The van der Waals surface area contributed by atoms with Gasteiger partial charge in [0.15, 0.2) is 0 Å². The number of hydrogen-bond donors (Lipinski definition) is 4. The third-order valence-electron chi connectivity index (χ3n) is 7.41. The van der Waals surface area contributed by atoms with Gasteiger partial charge in [-0.2, -0.15) is 5.26 Å². The van der Waals surface area contributed by atoms with E-state index in [1.54, 1.807) is 24.4 Å². The van der Waals surface area contributed by atoms with Crippen LogP contribution >= 0.6 is 0 Å². The number of carbonyl (C=O) groups is 2. The summed E-state index contributed by atoms with van der Waals surface area (Å²) in [5.74, 6) is -0.0646. The van der Waals surface area contributed by atoms with E-state index in [-0.39, 0.29) is 30.1 Å². The number of rotatable bonds is 8. The molecule has 2 aromatic heterocycles. The first-order chi connectivity index (χ1) is 18.0. The Hall–Kier alpha value is -3.94. The van der Waals surface area contributed by atoms with Crippen LogP contribution in [0.2, 0.25) is 0 Å². The van der Waals surface area contributed by atoms with Gasteiger partial charge in [-0.3, -0.25) is 19.5 Å². The number of ether oxygens (including phenoxy) is 1. The number of hydrogen-bond acceptors (Lipinski definition) is 7. The van der Waals surface area contributed by atoms with Crippen molar-refractivity contribution in [3.8, 4) is 11.8 Å². The van der Waals surface area contributed by atoms with E-state index in [9.17, 15) is 20.0 Å². The second-order valence-electron chi connectivity index (χ2n) is 9.65. The van der Waals surface area contributed by atoms with Crippen LogP contribution in [0.3, 0.4) is 0 Å². The Labute approximate surface area is 214 Å². The van der Waals surface area contributed by atoms with Gasteiger partial charge in [0.2, 0.25) is 11.8 Å². The molecule has 2 aliphatic heterocycles. The van der Waals surface area contributed by atoms with Crippen molar-refractivity contribution in [2.45, 2.75) is 43.5 Å². The predicted molar refractivity (Wildman–Crippen MR) is 135 cm³/mol. The zero-order valence-electron chi connectivity index (χ0n) is 20.6. The number of fused-ring (bicyclic) bond motifs is 1. The summed E-state index contributed by atoms with van der Waals surface area (Å²) in [4.78, 5) is 34.7. The molecular weight excluding hydrogens is 472 g/mol. The van der Waals surface area contributed by atoms with Gasteiger partial charge >= 0.3 is 0 Å². The maximum Gasteiger partial charge on any atom is 0.238 e. The van der Waals surface area contributed by atoms with E-state index in [1.807, 2.05) is 36.4 Å². The molecule has 3 aromatic rings. The molecule has 192 valence electrons. The Morgan fingerprint density at radius 2 is 2.24 bits per heavy atom. The van der Waals surface area contributed by atoms with Crippen molar-refractivity contribution in [2.75, 3.05) is 20.2 Å². The topological polar surface area (TPSA) is 143 Å². The van der Waals surface area contributed by atoms with Gasteiger partial charge in [-0.15, -0.1) is 0 Å². The zero-order chi connectivity index (χ0) is 25.9. The Morgan fingerprint density at radius 1 is 1.38 bits per heavy atom. The maximum absolute atomic E-state index is 13.5. The van der Waals surface area contributed by atoms with Crippen molar-refractivity contribution < 1.29 is 19.4 Å². The third kappa shape index (κ3) is 5.01. The first-order valence-electron chi connectivity index (χ1n) is 12.5.